The van der Waals surface area contributed by atoms with Crippen LogP contribution >= 0.6 is 11.6 Å². The molecule has 0 bridgehead atoms. The van der Waals surface area contributed by atoms with E-state index in [1.165, 1.54) is 0 Å². The first-order valence-electron chi connectivity index (χ1n) is 7.87. The van der Waals surface area contributed by atoms with Crippen molar-refractivity contribution in [3.8, 4) is 5.69 Å². The third-order valence-corrected chi connectivity index (χ3v) is 4.97. The molecule has 0 aliphatic carbocycles. The van der Waals surface area contributed by atoms with Crippen LogP contribution in [0.1, 0.15) is 33.9 Å². The lowest BCUT2D eigenvalue weighted by Gasteiger charge is -2.18. The summed E-state index contributed by atoms with van der Waals surface area (Å²) in [7, 11) is 0. The number of hydrogen-bond donors (Lipinski definition) is 0. The number of hydrogen-bond acceptors (Lipinski definition) is 3. The SMILES string of the molecule is Cc1c(Cl)cc2c(c1C)-n1c(C)cnc1CN=C2c1ccccn1. The molecule has 120 valence electrons. The lowest BCUT2D eigenvalue weighted by molar-refractivity contribution is 0.857. The molecule has 5 heteroatoms. The molecule has 0 radical (unpaired) electrons. The van der Waals surface area contributed by atoms with Crippen LogP contribution in [0.4, 0.5) is 0 Å². The summed E-state index contributed by atoms with van der Waals surface area (Å²) in [4.78, 5) is 13.8. The maximum atomic E-state index is 6.50. The number of imidazole rings is 1. The third-order valence-electron chi connectivity index (χ3n) is 4.58. The van der Waals surface area contributed by atoms with Gasteiger partial charge in [0.15, 0.2) is 0 Å². The molecule has 1 aliphatic heterocycles. The summed E-state index contributed by atoms with van der Waals surface area (Å²) in [6, 6.07) is 7.86. The highest BCUT2D eigenvalue weighted by Gasteiger charge is 2.24. The average molecular weight is 337 g/mol. The number of pyridine rings is 1. The van der Waals surface area contributed by atoms with Gasteiger partial charge in [0.25, 0.3) is 0 Å². The van der Waals surface area contributed by atoms with Gasteiger partial charge in [0, 0.05) is 28.7 Å². The predicted molar refractivity (Wildman–Crippen MR) is 96.4 cm³/mol. The van der Waals surface area contributed by atoms with Crippen LogP contribution in [-0.4, -0.2) is 20.2 Å². The highest BCUT2D eigenvalue weighted by molar-refractivity contribution is 6.32. The van der Waals surface area contributed by atoms with E-state index in [1.807, 2.05) is 37.4 Å². The number of aliphatic imine (C=N–C) groups is 1. The molecule has 0 spiro atoms. The van der Waals surface area contributed by atoms with Gasteiger partial charge in [-0.3, -0.25) is 14.5 Å². The topological polar surface area (TPSA) is 43.1 Å². The van der Waals surface area contributed by atoms with Crippen LogP contribution < -0.4 is 0 Å². The lowest BCUT2D eigenvalue weighted by atomic mass is 9.97. The van der Waals surface area contributed by atoms with Gasteiger partial charge < -0.3 is 0 Å². The Hall–Kier alpha value is -2.46. The standard InChI is InChI=1S/C19H17ClN4/c1-11-9-22-17-10-23-18(16-6-4-5-7-21-16)14-8-15(20)12(2)13(3)19(14)24(11)17/h4-9H,10H2,1-3H3. The number of halogens is 1. The zero-order valence-corrected chi connectivity index (χ0v) is 14.6. The first-order valence-corrected chi connectivity index (χ1v) is 8.25. The first-order chi connectivity index (χ1) is 11.6. The second-order valence-corrected chi connectivity index (χ2v) is 6.44. The molecule has 1 aliphatic rings. The lowest BCUT2D eigenvalue weighted by Crippen LogP contribution is -2.12. The fourth-order valence-corrected chi connectivity index (χ4v) is 3.44. The number of benzene rings is 1. The van der Waals surface area contributed by atoms with Crippen molar-refractivity contribution in [2.75, 3.05) is 0 Å². The van der Waals surface area contributed by atoms with E-state index in [2.05, 4.69) is 28.4 Å². The minimum absolute atomic E-state index is 0.518. The van der Waals surface area contributed by atoms with Crippen molar-refractivity contribution in [3.05, 3.63) is 75.6 Å². The number of aryl methyl sites for hydroxylation is 1. The quantitative estimate of drug-likeness (QED) is 0.668. The summed E-state index contributed by atoms with van der Waals surface area (Å²) in [6.45, 7) is 6.73. The first kappa shape index (κ1) is 15.1. The molecule has 0 unspecified atom stereocenters. The summed E-state index contributed by atoms with van der Waals surface area (Å²) in [6.07, 6.45) is 3.68. The molecule has 1 aromatic carbocycles. The summed E-state index contributed by atoms with van der Waals surface area (Å²) >= 11 is 6.50. The summed E-state index contributed by atoms with van der Waals surface area (Å²) in [5.41, 5.74) is 7.13. The molecular formula is C19H17ClN4. The molecule has 24 heavy (non-hydrogen) atoms. The van der Waals surface area contributed by atoms with Gasteiger partial charge in [0.05, 0.1) is 23.6 Å². The second-order valence-electron chi connectivity index (χ2n) is 6.04. The van der Waals surface area contributed by atoms with Gasteiger partial charge in [-0.05, 0) is 50.1 Å². The van der Waals surface area contributed by atoms with E-state index in [9.17, 15) is 0 Å². The Kier molecular flexibility index (Phi) is 3.50. The Morgan fingerprint density at radius 2 is 1.92 bits per heavy atom. The molecule has 2 aromatic heterocycles. The Bertz CT molecular complexity index is 971. The second kappa shape index (κ2) is 5.56. The Labute approximate surface area is 145 Å². The molecule has 4 nitrogen and oxygen atoms in total. The predicted octanol–water partition coefficient (Wildman–Crippen LogP) is 4.20. The van der Waals surface area contributed by atoms with E-state index in [0.29, 0.717) is 6.54 Å². The molecular weight excluding hydrogens is 320 g/mol. The fraction of sp³-hybridized carbons (Fsp3) is 0.211. The minimum Gasteiger partial charge on any atom is -0.298 e. The van der Waals surface area contributed by atoms with Crippen molar-refractivity contribution >= 4 is 17.3 Å². The van der Waals surface area contributed by atoms with Crippen molar-refractivity contribution in [2.24, 2.45) is 4.99 Å². The van der Waals surface area contributed by atoms with Crippen LogP contribution in [0.3, 0.4) is 0 Å². The summed E-state index contributed by atoms with van der Waals surface area (Å²) < 4.78 is 2.19. The maximum absolute atomic E-state index is 6.50. The van der Waals surface area contributed by atoms with E-state index >= 15 is 0 Å². The van der Waals surface area contributed by atoms with Gasteiger partial charge in [-0.1, -0.05) is 17.7 Å². The molecule has 0 fully saturated rings. The molecule has 0 atom stereocenters. The van der Waals surface area contributed by atoms with Crippen LogP contribution in [-0.2, 0) is 6.54 Å². The molecule has 0 saturated heterocycles. The van der Waals surface area contributed by atoms with E-state index in [0.717, 1.165) is 50.3 Å². The van der Waals surface area contributed by atoms with Crippen molar-refractivity contribution in [1.82, 2.24) is 14.5 Å². The number of nitrogens with zero attached hydrogens (tertiary/aromatic N) is 4. The van der Waals surface area contributed by atoms with Crippen LogP contribution in [0.25, 0.3) is 5.69 Å². The van der Waals surface area contributed by atoms with Gasteiger partial charge in [-0.2, -0.15) is 0 Å². The summed E-state index contributed by atoms with van der Waals surface area (Å²) in [5.74, 6) is 0.935. The van der Waals surface area contributed by atoms with Crippen molar-refractivity contribution in [1.29, 1.82) is 0 Å². The van der Waals surface area contributed by atoms with Gasteiger partial charge >= 0.3 is 0 Å². The number of aromatic nitrogens is 3. The largest absolute Gasteiger partial charge is 0.298 e. The van der Waals surface area contributed by atoms with E-state index in [-0.39, 0.29) is 0 Å². The summed E-state index contributed by atoms with van der Waals surface area (Å²) in [5, 5.41) is 0.746. The highest BCUT2D eigenvalue weighted by atomic mass is 35.5. The van der Waals surface area contributed by atoms with Gasteiger partial charge in [0.1, 0.15) is 5.82 Å². The van der Waals surface area contributed by atoms with E-state index in [4.69, 9.17) is 16.6 Å². The molecule has 3 heterocycles. The monoisotopic (exact) mass is 336 g/mol. The minimum atomic E-state index is 0.518. The number of rotatable bonds is 1. The zero-order chi connectivity index (χ0) is 16.8. The Morgan fingerprint density at radius 3 is 2.67 bits per heavy atom. The smallest absolute Gasteiger partial charge is 0.135 e. The third kappa shape index (κ3) is 2.18. The van der Waals surface area contributed by atoms with Crippen molar-refractivity contribution in [2.45, 2.75) is 27.3 Å². The number of fused-ring (bicyclic) bond motifs is 3. The average Bonchev–Trinajstić information content (AvgIpc) is 2.86. The molecule has 0 saturated carbocycles. The van der Waals surface area contributed by atoms with Crippen LogP contribution in [0, 0.1) is 20.8 Å². The molecule has 4 rings (SSSR count). The molecule has 0 N–H and O–H groups in total. The van der Waals surface area contributed by atoms with Gasteiger partial charge in [-0.15, -0.1) is 0 Å². The van der Waals surface area contributed by atoms with Crippen LogP contribution in [0.2, 0.25) is 5.02 Å². The van der Waals surface area contributed by atoms with Crippen LogP contribution in [0.5, 0.6) is 0 Å². The molecule has 3 aromatic rings. The van der Waals surface area contributed by atoms with Crippen molar-refractivity contribution < 1.29 is 0 Å². The fourth-order valence-electron chi connectivity index (χ4n) is 3.19. The van der Waals surface area contributed by atoms with Crippen LogP contribution in [0.15, 0.2) is 41.7 Å². The van der Waals surface area contributed by atoms with Gasteiger partial charge in [-0.25, -0.2) is 4.98 Å². The normalized spacial score (nSPS) is 13.1. The van der Waals surface area contributed by atoms with Gasteiger partial charge in [0.2, 0.25) is 0 Å². The maximum Gasteiger partial charge on any atom is 0.135 e. The Morgan fingerprint density at radius 1 is 1.08 bits per heavy atom. The highest BCUT2D eigenvalue weighted by Crippen LogP contribution is 2.33. The Balaban J connectivity index is 2.09. The molecule has 0 amide bonds. The van der Waals surface area contributed by atoms with E-state index in [1.54, 1.807) is 6.20 Å². The van der Waals surface area contributed by atoms with Crippen molar-refractivity contribution in [3.63, 3.8) is 0 Å². The zero-order valence-electron chi connectivity index (χ0n) is 13.8. The van der Waals surface area contributed by atoms with E-state index < -0.39 is 0 Å².